The summed E-state index contributed by atoms with van der Waals surface area (Å²) in [6.45, 7) is 3.19. The van der Waals surface area contributed by atoms with E-state index in [4.69, 9.17) is 33.4 Å². The molecule has 1 aliphatic rings. The molecule has 0 atom stereocenters. The van der Waals surface area contributed by atoms with Crippen molar-refractivity contribution in [2.24, 2.45) is 0 Å². The molecule has 0 spiro atoms. The Morgan fingerprint density at radius 2 is 1.59 bits per heavy atom. The summed E-state index contributed by atoms with van der Waals surface area (Å²) >= 11 is 0. The fourth-order valence-corrected chi connectivity index (χ4v) is 5.22. The zero-order valence-corrected chi connectivity index (χ0v) is 24.2. The van der Waals surface area contributed by atoms with Gasteiger partial charge in [0.15, 0.2) is 23.0 Å². The molecule has 0 saturated carbocycles. The SMILES string of the molecule is COc1cc(-c2cc(C)c3cccc(OC)c3n2)cc2c1OCCN(C(=O)Cc1cc(OC)c(OC)c(OC)c1)C2. The van der Waals surface area contributed by atoms with Gasteiger partial charge in [-0.05, 0) is 54.4 Å². The van der Waals surface area contributed by atoms with Crippen molar-refractivity contribution >= 4 is 16.8 Å². The number of amides is 1. The third kappa shape index (κ3) is 5.39. The van der Waals surface area contributed by atoms with Gasteiger partial charge in [0.2, 0.25) is 11.7 Å². The summed E-state index contributed by atoms with van der Waals surface area (Å²) in [5, 5.41) is 1.03. The van der Waals surface area contributed by atoms with Crippen molar-refractivity contribution in [2.45, 2.75) is 19.9 Å². The van der Waals surface area contributed by atoms with Gasteiger partial charge < -0.3 is 33.3 Å². The Balaban J connectivity index is 1.49. The molecular formula is C32H34N2O7. The lowest BCUT2D eigenvalue weighted by Crippen LogP contribution is -2.33. The minimum absolute atomic E-state index is 0.0514. The highest BCUT2D eigenvalue weighted by Gasteiger charge is 2.25. The maximum absolute atomic E-state index is 13.6. The van der Waals surface area contributed by atoms with Crippen LogP contribution < -0.4 is 28.4 Å². The van der Waals surface area contributed by atoms with Crippen molar-refractivity contribution in [1.82, 2.24) is 9.88 Å². The van der Waals surface area contributed by atoms with E-state index in [-0.39, 0.29) is 12.3 Å². The first kappa shape index (κ1) is 27.9. The van der Waals surface area contributed by atoms with Gasteiger partial charge in [-0.25, -0.2) is 4.98 Å². The number of benzene rings is 3. The number of pyridine rings is 1. The van der Waals surface area contributed by atoms with E-state index in [0.717, 1.165) is 38.9 Å². The van der Waals surface area contributed by atoms with E-state index >= 15 is 0 Å². The summed E-state index contributed by atoms with van der Waals surface area (Å²) in [6, 6.07) is 15.5. The highest BCUT2D eigenvalue weighted by atomic mass is 16.5. The highest BCUT2D eigenvalue weighted by molar-refractivity contribution is 5.90. The van der Waals surface area contributed by atoms with E-state index in [1.54, 1.807) is 52.6 Å². The Kier molecular flexibility index (Phi) is 8.05. The lowest BCUT2D eigenvalue weighted by atomic mass is 10.0. The van der Waals surface area contributed by atoms with Gasteiger partial charge in [0.1, 0.15) is 17.9 Å². The zero-order chi connectivity index (χ0) is 29.1. The van der Waals surface area contributed by atoms with Gasteiger partial charge in [-0.1, -0.05) is 12.1 Å². The topological polar surface area (TPSA) is 88.6 Å². The summed E-state index contributed by atoms with van der Waals surface area (Å²) in [4.78, 5) is 20.3. The Labute approximate surface area is 239 Å². The van der Waals surface area contributed by atoms with Crippen LogP contribution in [0.4, 0.5) is 0 Å². The number of ether oxygens (including phenoxy) is 6. The van der Waals surface area contributed by atoms with Gasteiger partial charge >= 0.3 is 0 Å². The first-order valence-electron chi connectivity index (χ1n) is 13.3. The summed E-state index contributed by atoms with van der Waals surface area (Å²) in [6.07, 6.45) is 0.161. The monoisotopic (exact) mass is 558 g/mol. The van der Waals surface area contributed by atoms with Crippen LogP contribution in [0, 0.1) is 6.92 Å². The van der Waals surface area contributed by atoms with Crippen LogP contribution in [-0.4, -0.2) is 64.5 Å². The molecule has 1 amide bonds. The lowest BCUT2D eigenvalue weighted by molar-refractivity contribution is -0.131. The van der Waals surface area contributed by atoms with Crippen LogP contribution in [0.2, 0.25) is 0 Å². The van der Waals surface area contributed by atoms with Gasteiger partial charge in [0, 0.05) is 23.1 Å². The molecule has 3 aromatic carbocycles. The van der Waals surface area contributed by atoms with E-state index in [1.165, 1.54) is 0 Å². The fraction of sp³-hybridized carbons (Fsp3) is 0.312. The van der Waals surface area contributed by atoms with Crippen LogP contribution in [0.3, 0.4) is 0 Å². The number of carbonyl (C=O) groups is 1. The van der Waals surface area contributed by atoms with Gasteiger partial charge in [-0.15, -0.1) is 0 Å². The van der Waals surface area contributed by atoms with Crippen molar-refractivity contribution in [2.75, 3.05) is 48.7 Å². The standard InChI is InChI=1S/C32H34N2O7/c1-19-12-24(33-30-23(19)8-7-9-25(30)36-2)21-16-22-18-34(10-11-41-31(22)28(17-21)39-5)29(35)15-20-13-26(37-3)32(40-6)27(14-20)38-4/h7-9,12-14,16-17H,10-11,15,18H2,1-6H3. The molecule has 2 heterocycles. The molecule has 1 aliphatic heterocycles. The second-order valence-electron chi connectivity index (χ2n) is 9.72. The molecule has 0 saturated heterocycles. The number of hydrogen-bond acceptors (Lipinski definition) is 8. The number of para-hydroxylation sites is 1. The number of methoxy groups -OCH3 is 5. The van der Waals surface area contributed by atoms with Crippen LogP contribution >= 0.6 is 0 Å². The molecule has 9 heteroatoms. The number of hydrogen-bond donors (Lipinski definition) is 0. The molecule has 0 fully saturated rings. The quantitative estimate of drug-likeness (QED) is 0.291. The van der Waals surface area contributed by atoms with E-state index in [9.17, 15) is 4.79 Å². The van der Waals surface area contributed by atoms with Crippen LogP contribution in [0.5, 0.6) is 34.5 Å². The van der Waals surface area contributed by atoms with Crippen LogP contribution in [0.1, 0.15) is 16.7 Å². The summed E-state index contributed by atoms with van der Waals surface area (Å²) in [5.41, 5.74) is 5.10. The lowest BCUT2D eigenvalue weighted by Gasteiger charge is -2.21. The third-order valence-electron chi connectivity index (χ3n) is 7.28. The predicted octanol–water partition coefficient (Wildman–Crippen LogP) is 5.22. The average Bonchev–Trinajstić information content (AvgIpc) is 3.22. The van der Waals surface area contributed by atoms with Gasteiger partial charge in [0.05, 0.1) is 54.2 Å². The predicted molar refractivity (Wildman–Crippen MR) is 156 cm³/mol. The Hall–Kier alpha value is -4.66. The fourth-order valence-electron chi connectivity index (χ4n) is 5.22. The molecular weight excluding hydrogens is 524 g/mol. The van der Waals surface area contributed by atoms with Crippen molar-refractivity contribution in [1.29, 1.82) is 0 Å². The van der Waals surface area contributed by atoms with Gasteiger partial charge in [0.25, 0.3) is 0 Å². The number of aromatic nitrogens is 1. The summed E-state index contributed by atoms with van der Waals surface area (Å²) < 4.78 is 33.8. The van der Waals surface area contributed by atoms with Gasteiger partial charge in [-0.2, -0.15) is 0 Å². The number of nitrogens with zero attached hydrogens (tertiary/aromatic N) is 2. The normalized spacial score (nSPS) is 12.7. The van der Waals surface area contributed by atoms with Crippen molar-refractivity contribution < 1.29 is 33.2 Å². The Morgan fingerprint density at radius 3 is 2.24 bits per heavy atom. The van der Waals surface area contributed by atoms with Crippen molar-refractivity contribution in [3.63, 3.8) is 0 Å². The number of rotatable bonds is 8. The molecule has 0 bridgehead atoms. The Morgan fingerprint density at radius 1 is 0.878 bits per heavy atom. The zero-order valence-electron chi connectivity index (χ0n) is 24.2. The highest BCUT2D eigenvalue weighted by Crippen LogP contribution is 2.40. The maximum Gasteiger partial charge on any atom is 0.227 e. The van der Waals surface area contributed by atoms with Crippen molar-refractivity contribution in [3.05, 3.63) is 65.2 Å². The summed E-state index contributed by atoms with van der Waals surface area (Å²) in [7, 11) is 7.92. The minimum Gasteiger partial charge on any atom is -0.494 e. The van der Waals surface area contributed by atoms with E-state index in [1.807, 2.05) is 36.4 Å². The molecule has 0 unspecified atom stereocenters. The molecule has 4 aromatic rings. The first-order chi connectivity index (χ1) is 19.9. The molecule has 0 aliphatic carbocycles. The average molecular weight is 559 g/mol. The molecule has 214 valence electrons. The molecule has 5 rings (SSSR count). The van der Waals surface area contributed by atoms with E-state index < -0.39 is 0 Å². The molecule has 1 aromatic heterocycles. The van der Waals surface area contributed by atoms with E-state index in [0.29, 0.717) is 54.2 Å². The number of fused-ring (bicyclic) bond motifs is 2. The molecule has 41 heavy (non-hydrogen) atoms. The van der Waals surface area contributed by atoms with Crippen LogP contribution in [0.25, 0.3) is 22.2 Å². The molecule has 0 radical (unpaired) electrons. The third-order valence-corrected chi connectivity index (χ3v) is 7.28. The first-order valence-corrected chi connectivity index (χ1v) is 13.3. The van der Waals surface area contributed by atoms with Gasteiger partial charge in [-0.3, -0.25) is 4.79 Å². The van der Waals surface area contributed by atoms with E-state index in [2.05, 4.69) is 6.92 Å². The number of aryl methyl sites for hydroxylation is 1. The second kappa shape index (κ2) is 11.8. The van der Waals surface area contributed by atoms with Crippen molar-refractivity contribution in [3.8, 4) is 45.8 Å². The molecule has 9 nitrogen and oxygen atoms in total. The summed E-state index contributed by atoms with van der Waals surface area (Å²) in [5.74, 6) is 3.38. The largest absolute Gasteiger partial charge is 0.494 e. The van der Waals surface area contributed by atoms with Crippen LogP contribution in [-0.2, 0) is 17.8 Å². The number of carbonyl (C=O) groups excluding carboxylic acids is 1. The Bertz CT molecular complexity index is 1580. The second-order valence-corrected chi connectivity index (χ2v) is 9.72. The minimum atomic E-state index is -0.0514. The smallest absolute Gasteiger partial charge is 0.227 e. The molecule has 0 N–H and O–H groups in total. The maximum atomic E-state index is 13.6. The van der Waals surface area contributed by atoms with Crippen LogP contribution in [0.15, 0.2) is 48.5 Å².